The molecule has 0 aliphatic rings. The summed E-state index contributed by atoms with van der Waals surface area (Å²) in [6.07, 6.45) is 9.80. The van der Waals surface area contributed by atoms with Crippen molar-refractivity contribution in [2.45, 2.75) is 6.92 Å². The summed E-state index contributed by atoms with van der Waals surface area (Å²) >= 11 is 0. The summed E-state index contributed by atoms with van der Waals surface area (Å²) in [6.45, 7) is 1.88. The molecule has 14 heavy (non-hydrogen) atoms. The number of rotatable bonds is 3. The molecule has 0 spiro atoms. The first-order chi connectivity index (χ1) is 6.83. The van der Waals surface area contributed by atoms with Crippen molar-refractivity contribution in [3.05, 3.63) is 42.8 Å². The van der Waals surface area contributed by atoms with Crippen LogP contribution in [0.4, 0.5) is 5.95 Å². The van der Waals surface area contributed by atoms with E-state index in [1.165, 1.54) is 6.08 Å². The van der Waals surface area contributed by atoms with Crippen molar-refractivity contribution in [3.8, 4) is 0 Å². The van der Waals surface area contributed by atoms with Gasteiger partial charge in [-0.15, -0.1) is 0 Å². The van der Waals surface area contributed by atoms with Crippen molar-refractivity contribution in [1.29, 1.82) is 0 Å². The number of aromatic nitrogens is 2. The molecule has 1 aromatic rings. The average molecular weight is 189 g/mol. The lowest BCUT2D eigenvalue weighted by Gasteiger charge is -1.96. The van der Waals surface area contributed by atoms with Gasteiger partial charge in [0.05, 0.1) is 0 Å². The number of amides is 1. The van der Waals surface area contributed by atoms with Gasteiger partial charge in [0.15, 0.2) is 0 Å². The Kier molecular flexibility index (Phi) is 4.07. The highest BCUT2D eigenvalue weighted by Gasteiger charge is 1.96. The zero-order chi connectivity index (χ0) is 10.2. The second kappa shape index (κ2) is 5.64. The number of carbonyl (C=O) groups is 1. The normalized spacial score (nSPS) is 10.9. The third kappa shape index (κ3) is 3.62. The Labute approximate surface area is 82.4 Å². The highest BCUT2D eigenvalue weighted by molar-refractivity contribution is 5.98. The number of hydrogen-bond donors (Lipinski definition) is 1. The van der Waals surface area contributed by atoms with Gasteiger partial charge in [0, 0.05) is 18.5 Å². The predicted octanol–water partition coefficient (Wildman–Crippen LogP) is 1.55. The maximum Gasteiger partial charge on any atom is 0.250 e. The summed E-state index contributed by atoms with van der Waals surface area (Å²) < 4.78 is 0. The summed E-state index contributed by atoms with van der Waals surface area (Å²) in [6, 6.07) is 1.69. The molecule has 0 saturated heterocycles. The maximum atomic E-state index is 11.2. The topological polar surface area (TPSA) is 54.9 Å². The largest absolute Gasteiger partial charge is 0.291 e. The van der Waals surface area contributed by atoms with E-state index >= 15 is 0 Å². The van der Waals surface area contributed by atoms with Crippen LogP contribution in [0.25, 0.3) is 0 Å². The van der Waals surface area contributed by atoms with Gasteiger partial charge in [-0.2, -0.15) is 0 Å². The molecule has 0 bridgehead atoms. The molecule has 1 amide bonds. The summed E-state index contributed by atoms with van der Waals surface area (Å²) in [7, 11) is 0. The Morgan fingerprint density at radius 2 is 2.07 bits per heavy atom. The summed E-state index contributed by atoms with van der Waals surface area (Å²) in [4.78, 5) is 18.9. The van der Waals surface area contributed by atoms with Gasteiger partial charge in [0.2, 0.25) is 5.95 Å². The van der Waals surface area contributed by atoms with Crippen LogP contribution in [0.2, 0.25) is 0 Å². The minimum atomic E-state index is -0.241. The van der Waals surface area contributed by atoms with Crippen LogP contribution in [-0.4, -0.2) is 15.9 Å². The number of nitrogens with zero attached hydrogens (tertiary/aromatic N) is 2. The van der Waals surface area contributed by atoms with E-state index in [2.05, 4.69) is 15.3 Å². The SMILES string of the molecule is C/C=C/C=C/C(=O)Nc1ncccn1. The van der Waals surface area contributed by atoms with Gasteiger partial charge in [-0.3, -0.25) is 10.1 Å². The Morgan fingerprint density at radius 1 is 1.36 bits per heavy atom. The van der Waals surface area contributed by atoms with Crippen molar-refractivity contribution >= 4 is 11.9 Å². The van der Waals surface area contributed by atoms with Crippen LogP contribution in [0.3, 0.4) is 0 Å². The van der Waals surface area contributed by atoms with Gasteiger partial charge < -0.3 is 0 Å². The smallest absolute Gasteiger partial charge is 0.250 e. The first-order valence-electron chi connectivity index (χ1n) is 4.20. The molecule has 0 aromatic carbocycles. The zero-order valence-electron chi connectivity index (χ0n) is 7.84. The highest BCUT2D eigenvalue weighted by atomic mass is 16.1. The molecule has 1 heterocycles. The number of carbonyl (C=O) groups excluding carboxylic acids is 1. The number of allylic oxidation sites excluding steroid dienone is 3. The van der Waals surface area contributed by atoms with Crippen LogP contribution < -0.4 is 5.32 Å². The minimum Gasteiger partial charge on any atom is -0.291 e. The fraction of sp³-hybridized carbons (Fsp3) is 0.100. The molecule has 4 heteroatoms. The molecular weight excluding hydrogens is 178 g/mol. The monoisotopic (exact) mass is 189 g/mol. The van der Waals surface area contributed by atoms with Crippen LogP contribution in [0, 0.1) is 0 Å². The summed E-state index contributed by atoms with van der Waals surface area (Å²) in [5.41, 5.74) is 0. The molecule has 1 N–H and O–H groups in total. The number of hydrogen-bond acceptors (Lipinski definition) is 3. The van der Waals surface area contributed by atoms with Crippen molar-refractivity contribution in [1.82, 2.24) is 9.97 Å². The molecule has 4 nitrogen and oxygen atoms in total. The van der Waals surface area contributed by atoms with E-state index in [0.29, 0.717) is 5.95 Å². The lowest BCUT2D eigenvalue weighted by atomic mass is 10.4. The molecule has 0 radical (unpaired) electrons. The zero-order valence-corrected chi connectivity index (χ0v) is 7.84. The van der Waals surface area contributed by atoms with Crippen molar-refractivity contribution < 1.29 is 4.79 Å². The molecule has 1 rings (SSSR count). The lowest BCUT2D eigenvalue weighted by molar-refractivity contribution is -0.111. The van der Waals surface area contributed by atoms with Gasteiger partial charge in [0.25, 0.3) is 5.91 Å². The van der Waals surface area contributed by atoms with Crippen LogP contribution in [0.1, 0.15) is 6.92 Å². The first kappa shape index (κ1) is 10.1. The Hall–Kier alpha value is -1.97. The van der Waals surface area contributed by atoms with E-state index < -0.39 is 0 Å². The summed E-state index contributed by atoms with van der Waals surface area (Å²) in [5, 5.41) is 2.52. The molecule has 1 aromatic heterocycles. The molecular formula is C10H11N3O. The van der Waals surface area contributed by atoms with E-state index in [1.54, 1.807) is 30.6 Å². The van der Waals surface area contributed by atoms with E-state index in [4.69, 9.17) is 0 Å². The fourth-order valence-corrected chi connectivity index (χ4v) is 0.770. The van der Waals surface area contributed by atoms with Gasteiger partial charge in [-0.25, -0.2) is 9.97 Å². The Balaban J connectivity index is 2.50. The highest BCUT2D eigenvalue weighted by Crippen LogP contribution is 1.93. The minimum absolute atomic E-state index is 0.241. The Morgan fingerprint density at radius 3 is 2.71 bits per heavy atom. The molecule has 0 saturated carbocycles. The maximum absolute atomic E-state index is 11.2. The van der Waals surface area contributed by atoms with Crippen LogP contribution in [-0.2, 0) is 4.79 Å². The third-order valence-corrected chi connectivity index (χ3v) is 1.35. The molecule has 0 unspecified atom stereocenters. The number of nitrogens with one attached hydrogen (secondary N) is 1. The van der Waals surface area contributed by atoms with Crippen molar-refractivity contribution in [3.63, 3.8) is 0 Å². The summed E-state index contributed by atoms with van der Waals surface area (Å²) in [5.74, 6) is 0.0666. The van der Waals surface area contributed by atoms with E-state index in [1.807, 2.05) is 13.0 Å². The predicted molar refractivity (Wildman–Crippen MR) is 54.6 cm³/mol. The molecule has 0 aliphatic carbocycles. The van der Waals surface area contributed by atoms with Gasteiger partial charge in [-0.05, 0) is 13.0 Å². The van der Waals surface area contributed by atoms with Crippen LogP contribution in [0.15, 0.2) is 42.8 Å². The van der Waals surface area contributed by atoms with E-state index in [-0.39, 0.29) is 5.91 Å². The van der Waals surface area contributed by atoms with Crippen molar-refractivity contribution in [2.24, 2.45) is 0 Å². The van der Waals surface area contributed by atoms with Crippen molar-refractivity contribution in [2.75, 3.05) is 5.32 Å². The number of anilines is 1. The standard InChI is InChI=1S/C10H11N3O/c1-2-3-4-6-9(14)13-10-11-7-5-8-12-10/h2-8H,1H3,(H,11,12,13,14)/b3-2+,6-4+. The quantitative estimate of drug-likeness (QED) is 0.579. The Bertz CT molecular complexity index is 344. The molecule has 72 valence electrons. The first-order valence-corrected chi connectivity index (χ1v) is 4.20. The molecule has 0 fully saturated rings. The average Bonchev–Trinajstić information content (AvgIpc) is 2.20. The molecule has 0 aliphatic heterocycles. The second-order valence-electron chi connectivity index (χ2n) is 2.45. The van der Waals surface area contributed by atoms with Crippen LogP contribution >= 0.6 is 0 Å². The second-order valence-corrected chi connectivity index (χ2v) is 2.45. The third-order valence-electron chi connectivity index (χ3n) is 1.35. The lowest BCUT2D eigenvalue weighted by Crippen LogP contribution is -2.10. The van der Waals surface area contributed by atoms with Crippen LogP contribution in [0.5, 0.6) is 0 Å². The fourth-order valence-electron chi connectivity index (χ4n) is 0.770. The van der Waals surface area contributed by atoms with Gasteiger partial charge >= 0.3 is 0 Å². The van der Waals surface area contributed by atoms with Gasteiger partial charge in [0.1, 0.15) is 0 Å². The molecule has 0 atom stereocenters. The van der Waals surface area contributed by atoms with Gasteiger partial charge in [-0.1, -0.05) is 18.2 Å². The van der Waals surface area contributed by atoms with E-state index in [0.717, 1.165) is 0 Å². The van der Waals surface area contributed by atoms with E-state index in [9.17, 15) is 4.79 Å².